The summed E-state index contributed by atoms with van der Waals surface area (Å²) < 4.78 is 5.41. The summed E-state index contributed by atoms with van der Waals surface area (Å²) in [6.45, 7) is 5.67. The highest BCUT2D eigenvalue weighted by Gasteiger charge is 2.37. The molecule has 3 rings (SSSR count). The van der Waals surface area contributed by atoms with Gasteiger partial charge in [-0.05, 0) is 32.4 Å². The number of fused-ring (bicyclic) bond motifs is 3. The lowest BCUT2D eigenvalue weighted by atomic mass is 9.96. The van der Waals surface area contributed by atoms with Crippen LogP contribution in [-0.2, 0) is 22.5 Å². The molecule has 23 heavy (non-hydrogen) atoms. The highest BCUT2D eigenvalue weighted by Crippen LogP contribution is 2.31. The Morgan fingerprint density at radius 2 is 2.00 bits per heavy atom. The molecule has 6 heteroatoms. The van der Waals surface area contributed by atoms with Crippen molar-refractivity contribution >= 4 is 22.9 Å². The van der Waals surface area contributed by atoms with Gasteiger partial charge in [0.2, 0.25) is 5.91 Å². The molecule has 0 bridgehead atoms. The topological polar surface area (TPSA) is 88.4 Å². The number of aromatic nitrogens is 1. The quantitative estimate of drug-likeness (QED) is 0.846. The first-order valence-corrected chi connectivity index (χ1v) is 7.63. The van der Waals surface area contributed by atoms with Gasteiger partial charge in [-0.25, -0.2) is 4.79 Å². The molecule has 1 aromatic carbocycles. The van der Waals surface area contributed by atoms with E-state index in [1.165, 1.54) is 4.90 Å². The van der Waals surface area contributed by atoms with Gasteiger partial charge in [0.15, 0.2) is 0 Å². The molecule has 3 N–H and O–H groups in total. The van der Waals surface area contributed by atoms with Crippen molar-refractivity contribution in [1.82, 2.24) is 9.88 Å². The molecule has 2 aromatic rings. The van der Waals surface area contributed by atoms with Gasteiger partial charge in [0.25, 0.3) is 0 Å². The van der Waals surface area contributed by atoms with E-state index < -0.39 is 23.6 Å². The number of ether oxygens (including phenoxy) is 1. The van der Waals surface area contributed by atoms with Crippen molar-refractivity contribution in [3.63, 3.8) is 0 Å². The van der Waals surface area contributed by atoms with Crippen molar-refractivity contribution in [2.45, 2.75) is 45.4 Å². The number of para-hydroxylation sites is 1. The van der Waals surface area contributed by atoms with E-state index in [-0.39, 0.29) is 6.54 Å². The van der Waals surface area contributed by atoms with Crippen LogP contribution in [0.3, 0.4) is 0 Å². The first-order valence-electron chi connectivity index (χ1n) is 7.63. The number of amides is 2. The molecule has 1 unspecified atom stereocenters. The molecule has 1 atom stereocenters. The number of nitrogens with zero attached hydrogens (tertiary/aromatic N) is 1. The monoisotopic (exact) mass is 315 g/mol. The molecular formula is C17H21N3O3. The molecule has 1 aliphatic heterocycles. The number of aromatic amines is 1. The average Bonchev–Trinajstić information content (AvgIpc) is 2.81. The molecule has 2 amide bonds. The molecule has 0 aliphatic carbocycles. The van der Waals surface area contributed by atoms with Gasteiger partial charge in [0, 0.05) is 23.0 Å². The van der Waals surface area contributed by atoms with Crippen LogP contribution >= 0.6 is 0 Å². The van der Waals surface area contributed by atoms with Gasteiger partial charge < -0.3 is 15.5 Å². The highest BCUT2D eigenvalue weighted by atomic mass is 16.6. The molecule has 6 nitrogen and oxygen atoms in total. The summed E-state index contributed by atoms with van der Waals surface area (Å²) in [6.07, 6.45) is -0.126. The molecule has 2 heterocycles. The maximum absolute atomic E-state index is 12.4. The van der Waals surface area contributed by atoms with E-state index in [9.17, 15) is 9.59 Å². The predicted octanol–water partition coefficient (Wildman–Crippen LogP) is 2.31. The first-order chi connectivity index (χ1) is 10.8. The lowest BCUT2D eigenvalue weighted by molar-refractivity contribution is -0.123. The molecule has 1 aromatic heterocycles. The lowest BCUT2D eigenvalue weighted by Gasteiger charge is -2.35. The summed E-state index contributed by atoms with van der Waals surface area (Å²) in [5.41, 5.74) is 7.87. The normalized spacial score (nSPS) is 17.9. The van der Waals surface area contributed by atoms with Gasteiger partial charge in [0.05, 0.1) is 6.54 Å². The fraction of sp³-hybridized carbons (Fsp3) is 0.412. The molecule has 0 radical (unpaired) electrons. The maximum atomic E-state index is 12.4. The Bertz CT molecular complexity index is 773. The number of nitrogens with one attached hydrogen (secondary N) is 1. The number of primary amides is 1. The van der Waals surface area contributed by atoms with Gasteiger partial charge in [-0.2, -0.15) is 0 Å². The number of carbonyl (C=O) groups is 2. The van der Waals surface area contributed by atoms with Gasteiger partial charge in [0.1, 0.15) is 11.6 Å². The Kier molecular flexibility index (Phi) is 3.55. The highest BCUT2D eigenvalue weighted by molar-refractivity contribution is 5.89. The van der Waals surface area contributed by atoms with Crippen LogP contribution in [0.4, 0.5) is 4.79 Å². The number of rotatable bonds is 1. The second-order valence-electron chi connectivity index (χ2n) is 6.86. The third kappa shape index (κ3) is 2.88. The van der Waals surface area contributed by atoms with Gasteiger partial charge in [-0.15, -0.1) is 0 Å². The third-order valence-corrected chi connectivity index (χ3v) is 3.96. The van der Waals surface area contributed by atoms with Crippen molar-refractivity contribution < 1.29 is 14.3 Å². The molecular weight excluding hydrogens is 294 g/mol. The van der Waals surface area contributed by atoms with E-state index in [0.717, 1.165) is 22.2 Å². The fourth-order valence-corrected chi connectivity index (χ4v) is 2.97. The summed E-state index contributed by atoms with van der Waals surface area (Å²) in [6, 6.07) is 7.19. The molecule has 0 spiro atoms. The van der Waals surface area contributed by atoms with E-state index >= 15 is 0 Å². The maximum Gasteiger partial charge on any atom is 0.411 e. The van der Waals surface area contributed by atoms with Crippen LogP contribution in [0.2, 0.25) is 0 Å². The van der Waals surface area contributed by atoms with Crippen molar-refractivity contribution in [2.24, 2.45) is 5.73 Å². The number of H-pyrrole nitrogens is 1. The zero-order chi connectivity index (χ0) is 16.8. The van der Waals surface area contributed by atoms with Crippen molar-refractivity contribution in [2.75, 3.05) is 0 Å². The van der Waals surface area contributed by atoms with Crippen LogP contribution in [0.25, 0.3) is 10.9 Å². The Morgan fingerprint density at radius 1 is 1.30 bits per heavy atom. The lowest BCUT2D eigenvalue weighted by Crippen LogP contribution is -2.52. The van der Waals surface area contributed by atoms with Gasteiger partial charge >= 0.3 is 6.09 Å². The molecule has 122 valence electrons. The average molecular weight is 315 g/mol. The largest absolute Gasteiger partial charge is 0.444 e. The minimum Gasteiger partial charge on any atom is -0.444 e. The van der Waals surface area contributed by atoms with E-state index in [1.807, 2.05) is 24.3 Å². The van der Waals surface area contributed by atoms with Crippen LogP contribution in [0.1, 0.15) is 32.0 Å². The Labute approximate surface area is 134 Å². The Hall–Kier alpha value is -2.50. The van der Waals surface area contributed by atoms with Gasteiger partial charge in [-0.1, -0.05) is 18.2 Å². The smallest absolute Gasteiger partial charge is 0.411 e. The SMILES string of the molecule is CC(C)(C)OC(=O)N1Cc2[nH]c3ccccc3c2CC1C(N)=O. The number of benzene rings is 1. The van der Waals surface area contributed by atoms with Crippen LogP contribution in [0, 0.1) is 0 Å². The Morgan fingerprint density at radius 3 is 2.65 bits per heavy atom. The first kappa shape index (κ1) is 15.4. The number of carbonyl (C=O) groups excluding carboxylic acids is 2. The van der Waals surface area contributed by atoms with Crippen molar-refractivity contribution in [1.29, 1.82) is 0 Å². The van der Waals surface area contributed by atoms with Crippen LogP contribution in [0.15, 0.2) is 24.3 Å². The summed E-state index contributed by atoms with van der Waals surface area (Å²) in [4.78, 5) is 29.0. The summed E-state index contributed by atoms with van der Waals surface area (Å²) >= 11 is 0. The standard InChI is InChI=1S/C17H21N3O3/c1-17(2,3)23-16(22)20-9-13-11(8-14(20)15(18)21)10-6-4-5-7-12(10)19-13/h4-7,14,19H,8-9H2,1-3H3,(H2,18,21). The molecule has 0 saturated heterocycles. The summed E-state index contributed by atoms with van der Waals surface area (Å²) in [5.74, 6) is -0.521. The second-order valence-corrected chi connectivity index (χ2v) is 6.86. The number of hydrogen-bond donors (Lipinski definition) is 2. The fourth-order valence-electron chi connectivity index (χ4n) is 2.97. The summed E-state index contributed by atoms with van der Waals surface area (Å²) in [7, 11) is 0. The minimum atomic E-state index is -0.698. The number of hydrogen-bond acceptors (Lipinski definition) is 3. The van der Waals surface area contributed by atoms with Crippen molar-refractivity contribution in [3.05, 3.63) is 35.5 Å². The van der Waals surface area contributed by atoms with Gasteiger partial charge in [-0.3, -0.25) is 9.69 Å². The zero-order valence-corrected chi connectivity index (χ0v) is 13.6. The minimum absolute atomic E-state index is 0.284. The number of nitrogens with two attached hydrogens (primary N) is 1. The third-order valence-electron chi connectivity index (χ3n) is 3.96. The molecule has 1 aliphatic rings. The van der Waals surface area contributed by atoms with Crippen molar-refractivity contribution in [3.8, 4) is 0 Å². The van der Waals surface area contributed by atoms with E-state index in [0.29, 0.717) is 6.42 Å². The molecule has 0 fully saturated rings. The Balaban J connectivity index is 1.98. The van der Waals surface area contributed by atoms with E-state index in [1.54, 1.807) is 20.8 Å². The van der Waals surface area contributed by atoms with Crippen LogP contribution < -0.4 is 5.73 Å². The van der Waals surface area contributed by atoms with E-state index in [4.69, 9.17) is 10.5 Å². The van der Waals surface area contributed by atoms with E-state index in [2.05, 4.69) is 4.98 Å². The zero-order valence-electron chi connectivity index (χ0n) is 13.6. The van der Waals surface area contributed by atoms with Crippen LogP contribution in [0.5, 0.6) is 0 Å². The second kappa shape index (κ2) is 5.30. The van der Waals surface area contributed by atoms with Crippen LogP contribution in [-0.4, -0.2) is 33.5 Å². The predicted molar refractivity (Wildman–Crippen MR) is 86.8 cm³/mol. The molecule has 0 saturated carbocycles. The summed E-state index contributed by atoms with van der Waals surface area (Å²) in [5, 5.41) is 1.07.